The number of halogens is 1. The molecule has 1 amide bonds. The van der Waals surface area contributed by atoms with Gasteiger partial charge in [-0.2, -0.15) is 0 Å². The van der Waals surface area contributed by atoms with Crippen molar-refractivity contribution in [3.05, 3.63) is 52.6 Å². The van der Waals surface area contributed by atoms with Gasteiger partial charge in [0.05, 0.1) is 5.56 Å². The fourth-order valence-electron chi connectivity index (χ4n) is 2.02. The maximum Gasteiger partial charge on any atom is 0.254 e. The summed E-state index contributed by atoms with van der Waals surface area (Å²) in [5, 5.41) is 0.857. The number of nitrogens with zero attached hydrogens (tertiary/aromatic N) is 2. The highest BCUT2D eigenvalue weighted by Gasteiger charge is 2.16. The van der Waals surface area contributed by atoms with Gasteiger partial charge < -0.3 is 9.64 Å². The van der Waals surface area contributed by atoms with Crippen molar-refractivity contribution in [3.8, 4) is 0 Å². The van der Waals surface area contributed by atoms with Crippen molar-refractivity contribution in [2.24, 2.45) is 0 Å². The number of rotatable bonds is 7. The van der Waals surface area contributed by atoms with Crippen molar-refractivity contribution >= 4 is 33.6 Å². The van der Waals surface area contributed by atoms with Crippen LogP contribution in [0.1, 0.15) is 16.8 Å². The first kappa shape index (κ1) is 18.0. The van der Waals surface area contributed by atoms with Gasteiger partial charge in [0.25, 0.3) is 5.91 Å². The number of hydrogen-bond acceptors (Lipinski definition) is 4. The zero-order chi connectivity index (χ0) is 16.7. The molecule has 0 aliphatic heterocycles. The fraction of sp³-hybridized carbons (Fsp3) is 0.294. The molecule has 2 rings (SSSR count). The van der Waals surface area contributed by atoms with E-state index in [4.69, 9.17) is 4.74 Å². The van der Waals surface area contributed by atoms with E-state index in [0.717, 1.165) is 20.8 Å². The lowest BCUT2D eigenvalue weighted by molar-refractivity contribution is 0.0776. The largest absolute Gasteiger partial charge is 0.385 e. The molecule has 0 aliphatic rings. The molecule has 122 valence electrons. The van der Waals surface area contributed by atoms with Gasteiger partial charge in [-0.15, -0.1) is 0 Å². The number of carbonyl (C=O) groups is 1. The summed E-state index contributed by atoms with van der Waals surface area (Å²) in [6.07, 6.45) is 2.58. The van der Waals surface area contributed by atoms with Crippen LogP contribution in [-0.4, -0.2) is 43.1 Å². The maximum atomic E-state index is 12.6. The second-order valence-corrected chi connectivity index (χ2v) is 6.96. The quantitative estimate of drug-likeness (QED) is 0.662. The van der Waals surface area contributed by atoms with E-state index in [-0.39, 0.29) is 5.91 Å². The Balaban J connectivity index is 2.13. The first-order chi connectivity index (χ1) is 11.1. The van der Waals surface area contributed by atoms with Crippen molar-refractivity contribution in [3.63, 3.8) is 0 Å². The van der Waals surface area contributed by atoms with Gasteiger partial charge in [0.2, 0.25) is 0 Å². The third-order valence-electron chi connectivity index (χ3n) is 3.22. The Kier molecular flexibility index (Phi) is 7.08. The van der Waals surface area contributed by atoms with Gasteiger partial charge in [0.15, 0.2) is 0 Å². The molecule has 23 heavy (non-hydrogen) atoms. The van der Waals surface area contributed by atoms with E-state index >= 15 is 0 Å². The molecular formula is C17H19BrN2O2S. The summed E-state index contributed by atoms with van der Waals surface area (Å²) in [6.45, 7) is 1.32. The molecule has 0 unspecified atom stereocenters. The predicted molar refractivity (Wildman–Crippen MR) is 96.0 cm³/mol. The molecule has 0 bridgehead atoms. The Morgan fingerprint density at radius 1 is 1.30 bits per heavy atom. The highest BCUT2D eigenvalue weighted by Crippen LogP contribution is 2.30. The lowest BCUT2D eigenvalue weighted by atomic mass is 10.2. The Hall–Kier alpha value is -1.37. The molecule has 6 heteroatoms. The first-order valence-electron chi connectivity index (χ1n) is 7.24. The van der Waals surface area contributed by atoms with Crippen molar-refractivity contribution in [2.45, 2.75) is 16.3 Å². The summed E-state index contributed by atoms with van der Waals surface area (Å²) in [5.74, 6) is 0.0151. The van der Waals surface area contributed by atoms with Crippen molar-refractivity contribution in [1.82, 2.24) is 9.88 Å². The number of hydrogen-bond donors (Lipinski definition) is 0. The molecule has 0 N–H and O–H groups in total. The van der Waals surface area contributed by atoms with E-state index in [2.05, 4.69) is 20.9 Å². The van der Waals surface area contributed by atoms with Crippen LogP contribution in [0.4, 0.5) is 0 Å². The minimum absolute atomic E-state index is 0.0151. The molecule has 0 saturated heterocycles. The summed E-state index contributed by atoms with van der Waals surface area (Å²) >= 11 is 4.87. The molecule has 0 saturated carbocycles. The van der Waals surface area contributed by atoms with E-state index < -0.39 is 0 Å². The molecule has 0 fully saturated rings. The van der Waals surface area contributed by atoms with Gasteiger partial charge in [-0.25, -0.2) is 4.98 Å². The molecule has 0 spiro atoms. The zero-order valence-corrected chi connectivity index (χ0v) is 15.6. The van der Waals surface area contributed by atoms with Crippen LogP contribution in [0.2, 0.25) is 0 Å². The fourth-order valence-corrected chi connectivity index (χ4v) is 3.13. The van der Waals surface area contributed by atoms with Gasteiger partial charge in [-0.05, 0) is 46.6 Å². The molecule has 0 aliphatic carbocycles. The molecule has 1 aromatic carbocycles. The third-order valence-corrected chi connectivity index (χ3v) is 4.72. The van der Waals surface area contributed by atoms with Gasteiger partial charge in [-0.1, -0.05) is 23.9 Å². The standard InChI is InChI=1S/C17H19BrN2O2S/c1-20(10-5-11-22-2)17(21)14-6-3-4-7-15(14)23-16-9-8-13(18)12-19-16/h3-4,6-9,12H,5,10-11H2,1-2H3. The van der Waals surface area contributed by atoms with Crippen LogP contribution in [0.3, 0.4) is 0 Å². The minimum Gasteiger partial charge on any atom is -0.385 e. The second-order valence-electron chi connectivity index (χ2n) is 4.99. The van der Waals surface area contributed by atoms with Crippen LogP contribution >= 0.6 is 27.7 Å². The summed E-state index contributed by atoms with van der Waals surface area (Å²) in [7, 11) is 3.48. The highest BCUT2D eigenvalue weighted by atomic mass is 79.9. The van der Waals surface area contributed by atoms with Crippen LogP contribution in [0.25, 0.3) is 0 Å². The first-order valence-corrected chi connectivity index (χ1v) is 8.85. The lowest BCUT2D eigenvalue weighted by Crippen LogP contribution is -2.28. The van der Waals surface area contributed by atoms with Crippen LogP contribution in [-0.2, 0) is 4.74 Å². The van der Waals surface area contributed by atoms with Gasteiger partial charge >= 0.3 is 0 Å². The van der Waals surface area contributed by atoms with E-state index in [0.29, 0.717) is 18.7 Å². The smallest absolute Gasteiger partial charge is 0.254 e. The molecule has 1 aromatic heterocycles. The summed E-state index contributed by atoms with van der Waals surface area (Å²) in [5.41, 5.74) is 0.696. The third kappa shape index (κ3) is 5.34. The summed E-state index contributed by atoms with van der Waals surface area (Å²) < 4.78 is 5.97. The Labute approximate surface area is 149 Å². The molecular weight excluding hydrogens is 376 g/mol. The lowest BCUT2D eigenvalue weighted by Gasteiger charge is -2.18. The normalized spacial score (nSPS) is 10.6. The van der Waals surface area contributed by atoms with E-state index in [1.165, 1.54) is 11.8 Å². The minimum atomic E-state index is 0.0151. The van der Waals surface area contributed by atoms with Crippen molar-refractivity contribution in [1.29, 1.82) is 0 Å². The van der Waals surface area contributed by atoms with Crippen molar-refractivity contribution in [2.75, 3.05) is 27.3 Å². The Morgan fingerprint density at radius 3 is 2.78 bits per heavy atom. The zero-order valence-electron chi connectivity index (χ0n) is 13.2. The number of aromatic nitrogens is 1. The highest BCUT2D eigenvalue weighted by molar-refractivity contribution is 9.10. The van der Waals surface area contributed by atoms with E-state index in [1.54, 1.807) is 18.2 Å². The number of pyridine rings is 1. The van der Waals surface area contributed by atoms with Crippen LogP contribution in [0.5, 0.6) is 0 Å². The second kappa shape index (κ2) is 9.05. The van der Waals surface area contributed by atoms with E-state index in [9.17, 15) is 4.79 Å². The average molecular weight is 395 g/mol. The molecule has 2 aromatic rings. The molecule has 1 heterocycles. The van der Waals surface area contributed by atoms with Crippen LogP contribution in [0, 0.1) is 0 Å². The van der Waals surface area contributed by atoms with Crippen LogP contribution in [0.15, 0.2) is 57.0 Å². The predicted octanol–water partition coefficient (Wildman–Crippen LogP) is 4.10. The van der Waals surface area contributed by atoms with E-state index in [1.807, 2.05) is 43.4 Å². The molecule has 0 atom stereocenters. The molecule has 0 radical (unpaired) electrons. The van der Waals surface area contributed by atoms with Crippen molar-refractivity contribution < 1.29 is 9.53 Å². The Bertz CT molecular complexity index is 649. The topological polar surface area (TPSA) is 42.4 Å². The van der Waals surface area contributed by atoms with Gasteiger partial charge in [0.1, 0.15) is 5.03 Å². The summed E-state index contributed by atoms with van der Waals surface area (Å²) in [4.78, 5) is 19.6. The monoisotopic (exact) mass is 394 g/mol. The maximum absolute atomic E-state index is 12.6. The molecule has 4 nitrogen and oxygen atoms in total. The number of benzene rings is 1. The van der Waals surface area contributed by atoms with Crippen LogP contribution < -0.4 is 0 Å². The van der Waals surface area contributed by atoms with Gasteiger partial charge in [-0.3, -0.25) is 4.79 Å². The Morgan fingerprint density at radius 2 is 2.09 bits per heavy atom. The number of amides is 1. The number of ether oxygens (including phenoxy) is 1. The summed E-state index contributed by atoms with van der Waals surface area (Å²) in [6, 6.07) is 11.5. The SMILES string of the molecule is COCCCN(C)C(=O)c1ccccc1Sc1ccc(Br)cn1. The number of methoxy groups -OCH3 is 1. The van der Waals surface area contributed by atoms with Gasteiger partial charge in [0, 0.05) is 42.9 Å². The average Bonchev–Trinajstić information content (AvgIpc) is 2.57. The number of carbonyl (C=O) groups excluding carboxylic acids is 1.